The highest BCUT2D eigenvalue weighted by Crippen LogP contribution is 2.39. The van der Waals surface area contributed by atoms with Crippen LogP contribution in [-0.4, -0.2) is 44.8 Å². The van der Waals surface area contributed by atoms with Crippen molar-refractivity contribution in [2.24, 2.45) is 5.92 Å². The Morgan fingerprint density at radius 3 is 2.85 bits per heavy atom. The van der Waals surface area contributed by atoms with E-state index in [0.29, 0.717) is 30.1 Å². The Hall–Kier alpha value is -1.08. The molecule has 1 heterocycles. The van der Waals surface area contributed by atoms with Crippen molar-refractivity contribution < 1.29 is 14.6 Å². The van der Waals surface area contributed by atoms with E-state index in [2.05, 4.69) is 24.0 Å². The first-order valence-electron chi connectivity index (χ1n) is 6.93. The molecular weight excluding hydrogens is 278 g/mol. The standard InChI is InChI=1S/C13H21N3O3S/c1-9(2)7-19-6-5-16-12(10-3-4-10)14-15-13(16)20-8-11(17)18/h9-10H,3-8H2,1-2H3,(H,17,18). The van der Waals surface area contributed by atoms with Crippen LogP contribution in [0.15, 0.2) is 5.16 Å². The predicted octanol–water partition coefficient (Wildman–Crippen LogP) is 2.00. The monoisotopic (exact) mass is 299 g/mol. The smallest absolute Gasteiger partial charge is 0.313 e. The van der Waals surface area contributed by atoms with Gasteiger partial charge in [0.15, 0.2) is 5.16 Å². The van der Waals surface area contributed by atoms with Crippen LogP contribution in [0.5, 0.6) is 0 Å². The molecule has 112 valence electrons. The molecule has 0 bridgehead atoms. The molecule has 20 heavy (non-hydrogen) atoms. The first-order valence-corrected chi connectivity index (χ1v) is 7.92. The van der Waals surface area contributed by atoms with Gasteiger partial charge in [-0.3, -0.25) is 4.79 Å². The highest BCUT2D eigenvalue weighted by atomic mass is 32.2. The first-order chi connectivity index (χ1) is 9.58. The maximum atomic E-state index is 10.7. The molecule has 1 aromatic rings. The van der Waals surface area contributed by atoms with Gasteiger partial charge in [0.2, 0.25) is 0 Å². The van der Waals surface area contributed by atoms with Crippen molar-refractivity contribution in [1.82, 2.24) is 14.8 Å². The highest BCUT2D eigenvalue weighted by molar-refractivity contribution is 7.99. The lowest BCUT2D eigenvalue weighted by Crippen LogP contribution is -2.13. The molecule has 0 atom stereocenters. The SMILES string of the molecule is CC(C)COCCn1c(SCC(=O)O)nnc1C1CC1. The Kier molecular flexibility index (Phi) is 5.42. The normalized spacial score (nSPS) is 14.9. The number of carboxylic acid groups (broad SMARTS) is 1. The predicted molar refractivity (Wildman–Crippen MR) is 76.0 cm³/mol. The van der Waals surface area contributed by atoms with Crippen LogP contribution < -0.4 is 0 Å². The Bertz CT molecular complexity index is 458. The molecular formula is C13H21N3O3S. The molecule has 0 saturated heterocycles. The summed E-state index contributed by atoms with van der Waals surface area (Å²) >= 11 is 1.22. The van der Waals surface area contributed by atoms with Crippen molar-refractivity contribution in [2.75, 3.05) is 19.0 Å². The summed E-state index contributed by atoms with van der Waals surface area (Å²) < 4.78 is 7.62. The van der Waals surface area contributed by atoms with Crippen LogP contribution in [0.2, 0.25) is 0 Å². The van der Waals surface area contributed by atoms with Gasteiger partial charge in [-0.05, 0) is 18.8 Å². The van der Waals surface area contributed by atoms with E-state index in [1.54, 1.807) is 0 Å². The average molecular weight is 299 g/mol. The molecule has 7 heteroatoms. The fourth-order valence-electron chi connectivity index (χ4n) is 1.86. The Labute approximate surface area is 122 Å². The Balaban J connectivity index is 1.95. The number of nitrogens with zero attached hydrogens (tertiary/aromatic N) is 3. The third kappa shape index (κ3) is 4.49. The third-order valence-corrected chi connectivity index (χ3v) is 3.87. The lowest BCUT2D eigenvalue weighted by Gasteiger charge is -2.11. The van der Waals surface area contributed by atoms with Crippen LogP contribution in [-0.2, 0) is 16.1 Å². The fraction of sp³-hybridized carbons (Fsp3) is 0.769. The average Bonchev–Trinajstić information content (AvgIpc) is 3.14. The van der Waals surface area contributed by atoms with Crippen molar-refractivity contribution in [3.8, 4) is 0 Å². The second kappa shape index (κ2) is 7.08. The van der Waals surface area contributed by atoms with Crippen molar-refractivity contribution in [1.29, 1.82) is 0 Å². The minimum absolute atomic E-state index is 0.00957. The molecule has 6 nitrogen and oxygen atoms in total. The number of hydrogen-bond donors (Lipinski definition) is 1. The number of rotatable bonds is 9. The zero-order chi connectivity index (χ0) is 14.5. The van der Waals surface area contributed by atoms with E-state index < -0.39 is 5.97 Å². The summed E-state index contributed by atoms with van der Waals surface area (Å²) in [5.74, 6) is 1.15. The van der Waals surface area contributed by atoms with Gasteiger partial charge < -0.3 is 14.4 Å². The molecule has 0 unspecified atom stereocenters. The lowest BCUT2D eigenvalue weighted by molar-refractivity contribution is -0.133. The van der Waals surface area contributed by atoms with Gasteiger partial charge in [0.1, 0.15) is 5.82 Å². The van der Waals surface area contributed by atoms with Crippen LogP contribution in [0.1, 0.15) is 38.4 Å². The first kappa shape index (κ1) is 15.3. The molecule has 1 saturated carbocycles. The van der Waals surface area contributed by atoms with Gasteiger partial charge in [-0.2, -0.15) is 0 Å². The van der Waals surface area contributed by atoms with Crippen molar-refractivity contribution in [3.63, 3.8) is 0 Å². The minimum atomic E-state index is -0.839. The lowest BCUT2D eigenvalue weighted by atomic mass is 10.2. The molecule has 1 aromatic heterocycles. The van der Waals surface area contributed by atoms with E-state index in [-0.39, 0.29) is 5.75 Å². The van der Waals surface area contributed by atoms with Crippen molar-refractivity contribution in [2.45, 2.75) is 44.3 Å². The molecule has 1 aliphatic carbocycles. The van der Waals surface area contributed by atoms with Crippen LogP contribution in [0.3, 0.4) is 0 Å². The molecule has 0 aliphatic heterocycles. The number of thioether (sulfide) groups is 1. The number of carbonyl (C=O) groups is 1. The fourth-order valence-corrected chi connectivity index (χ4v) is 2.55. The number of carboxylic acids is 1. The second-order valence-corrected chi connectivity index (χ2v) is 6.36. The molecule has 1 N–H and O–H groups in total. The Morgan fingerprint density at radius 2 is 2.25 bits per heavy atom. The largest absolute Gasteiger partial charge is 0.481 e. The topological polar surface area (TPSA) is 77.2 Å². The number of aliphatic carboxylic acids is 1. The zero-order valence-corrected chi connectivity index (χ0v) is 12.7. The van der Waals surface area contributed by atoms with E-state index in [0.717, 1.165) is 25.3 Å². The number of ether oxygens (including phenoxy) is 1. The van der Waals surface area contributed by atoms with E-state index in [4.69, 9.17) is 9.84 Å². The van der Waals surface area contributed by atoms with Gasteiger partial charge in [0.25, 0.3) is 0 Å². The highest BCUT2D eigenvalue weighted by Gasteiger charge is 2.30. The van der Waals surface area contributed by atoms with Crippen LogP contribution in [0, 0.1) is 5.92 Å². The van der Waals surface area contributed by atoms with E-state index in [9.17, 15) is 4.79 Å². The molecule has 0 aromatic carbocycles. The van der Waals surface area contributed by atoms with Crippen LogP contribution in [0.25, 0.3) is 0 Å². The maximum Gasteiger partial charge on any atom is 0.313 e. The summed E-state index contributed by atoms with van der Waals surface area (Å²) in [4.78, 5) is 10.7. The van der Waals surface area contributed by atoms with Gasteiger partial charge in [-0.1, -0.05) is 25.6 Å². The number of hydrogen-bond acceptors (Lipinski definition) is 5. The summed E-state index contributed by atoms with van der Waals surface area (Å²) in [5.41, 5.74) is 0. The Morgan fingerprint density at radius 1 is 1.50 bits per heavy atom. The van der Waals surface area contributed by atoms with Crippen molar-refractivity contribution >= 4 is 17.7 Å². The van der Waals surface area contributed by atoms with Gasteiger partial charge in [0.05, 0.1) is 12.4 Å². The maximum absolute atomic E-state index is 10.7. The summed E-state index contributed by atoms with van der Waals surface area (Å²) in [6.45, 7) is 6.26. The molecule has 1 aliphatic rings. The van der Waals surface area contributed by atoms with Crippen molar-refractivity contribution in [3.05, 3.63) is 5.82 Å². The third-order valence-electron chi connectivity index (χ3n) is 2.92. The minimum Gasteiger partial charge on any atom is -0.481 e. The molecule has 1 fully saturated rings. The second-order valence-electron chi connectivity index (χ2n) is 5.42. The summed E-state index contributed by atoms with van der Waals surface area (Å²) in [6, 6.07) is 0. The van der Waals surface area contributed by atoms with Gasteiger partial charge in [0, 0.05) is 19.1 Å². The summed E-state index contributed by atoms with van der Waals surface area (Å²) in [5, 5.41) is 17.8. The van der Waals surface area contributed by atoms with E-state index in [1.165, 1.54) is 11.8 Å². The molecule has 0 spiro atoms. The van der Waals surface area contributed by atoms with Gasteiger partial charge in [-0.25, -0.2) is 0 Å². The number of aromatic nitrogens is 3. The quantitative estimate of drug-likeness (QED) is 0.555. The van der Waals surface area contributed by atoms with Crippen LogP contribution >= 0.6 is 11.8 Å². The van der Waals surface area contributed by atoms with Gasteiger partial charge in [-0.15, -0.1) is 10.2 Å². The molecule has 0 amide bonds. The molecule has 0 radical (unpaired) electrons. The molecule has 2 rings (SSSR count). The van der Waals surface area contributed by atoms with Crippen LogP contribution in [0.4, 0.5) is 0 Å². The van der Waals surface area contributed by atoms with Gasteiger partial charge >= 0.3 is 5.97 Å². The van der Waals surface area contributed by atoms with E-state index in [1.807, 2.05) is 4.57 Å². The summed E-state index contributed by atoms with van der Waals surface area (Å²) in [6.07, 6.45) is 2.29. The summed E-state index contributed by atoms with van der Waals surface area (Å²) in [7, 11) is 0. The van der Waals surface area contributed by atoms with E-state index >= 15 is 0 Å². The zero-order valence-electron chi connectivity index (χ0n) is 11.9.